The lowest BCUT2D eigenvalue weighted by molar-refractivity contribution is 0.415. The molecule has 6 heteroatoms. The van der Waals surface area contributed by atoms with Crippen molar-refractivity contribution < 1.29 is 13.5 Å². The molecule has 0 bridgehead atoms. The van der Waals surface area contributed by atoms with Gasteiger partial charge in [0.25, 0.3) is 0 Å². The Morgan fingerprint density at radius 2 is 1.76 bits per heavy atom. The zero-order valence-corrected chi connectivity index (χ0v) is 11.7. The first-order valence-corrected chi connectivity index (χ1v) is 6.43. The van der Waals surface area contributed by atoms with Crippen molar-refractivity contribution in [1.82, 2.24) is 9.97 Å². The maximum absolute atomic E-state index is 13.8. The number of hydrogen-bond acceptors (Lipinski definition) is 3. The number of rotatable bonds is 2. The molecule has 0 aliphatic carbocycles. The minimum atomic E-state index is -0.737. The second-order valence-corrected chi connectivity index (χ2v) is 4.68. The molecule has 0 unspecified atom stereocenters. The SMILES string of the molecule is COc1ccc2nc(-c3c(F)cccc3F)nc(Cl)c2c1. The summed E-state index contributed by atoms with van der Waals surface area (Å²) < 4.78 is 32.7. The van der Waals surface area contributed by atoms with Crippen LogP contribution in [0.2, 0.25) is 5.15 Å². The van der Waals surface area contributed by atoms with Crippen LogP contribution in [-0.2, 0) is 0 Å². The van der Waals surface area contributed by atoms with Crippen molar-refractivity contribution in [3.05, 3.63) is 53.2 Å². The molecule has 1 aromatic heterocycles. The number of nitrogens with zero attached hydrogens (tertiary/aromatic N) is 2. The van der Waals surface area contributed by atoms with Crippen molar-refractivity contribution >= 4 is 22.5 Å². The van der Waals surface area contributed by atoms with Gasteiger partial charge in [-0.3, -0.25) is 0 Å². The fraction of sp³-hybridized carbons (Fsp3) is 0.0667. The largest absolute Gasteiger partial charge is 0.497 e. The van der Waals surface area contributed by atoms with E-state index < -0.39 is 11.6 Å². The summed E-state index contributed by atoms with van der Waals surface area (Å²) in [6.45, 7) is 0. The van der Waals surface area contributed by atoms with Crippen LogP contribution >= 0.6 is 11.6 Å². The Bertz CT molecular complexity index is 819. The van der Waals surface area contributed by atoms with E-state index in [1.807, 2.05) is 0 Å². The first-order chi connectivity index (χ1) is 10.1. The van der Waals surface area contributed by atoms with Gasteiger partial charge in [0.15, 0.2) is 5.82 Å². The van der Waals surface area contributed by atoms with Gasteiger partial charge in [0.05, 0.1) is 18.2 Å². The van der Waals surface area contributed by atoms with E-state index in [2.05, 4.69) is 9.97 Å². The first kappa shape index (κ1) is 13.7. The summed E-state index contributed by atoms with van der Waals surface area (Å²) in [4.78, 5) is 8.16. The molecule has 0 saturated carbocycles. The van der Waals surface area contributed by atoms with Crippen LogP contribution in [0.15, 0.2) is 36.4 Å². The number of benzene rings is 2. The highest BCUT2D eigenvalue weighted by Gasteiger charge is 2.16. The molecule has 2 aromatic carbocycles. The zero-order valence-electron chi connectivity index (χ0n) is 10.9. The quantitative estimate of drug-likeness (QED) is 0.664. The van der Waals surface area contributed by atoms with Gasteiger partial charge in [-0.2, -0.15) is 0 Å². The van der Waals surface area contributed by atoms with Gasteiger partial charge in [-0.15, -0.1) is 0 Å². The van der Waals surface area contributed by atoms with Gasteiger partial charge in [-0.05, 0) is 30.3 Å². The van der Waals surface area contributed by atoms with Crippen LogP contribution in [0.5, 0.6) is 5.75 Å². The van der Waals surface area contributed by atoms with E-state index in [4.69, 9.17) is 16.3 Å². The van der Waals surface area contributed by atoms with Crippen molar-refractivity contribution in [3.8, 4) is 17.1 Å². The van der Waals surface area contributed by atoms with Crippen LogP contribution in [0.3, 0.4) is 0 Å². The zero-order chi connectivity index (χ0) is 15.0. The standard InChI is InChI=1S/C15H9ClF2N2O/c1-21-8-5-6-12-9(7-8)14(16)20-15(19-12)13-10(17)3-2-4-11(13)18/h2-7H,1H3. The lowest BCUT2D eigenvalue weighted by atomic mass is 10.1. The molecule has 0 saturated heterocycles. The van der Waals surface area contributed by atoms with Gasteiger partial charge < -0.3 is 4.74 Å². The third kappa shape index (κ3) is 2.40. The summed E-state index contributed by atoms with van der Waals surface area (Å²) in [5.41, 5.74) is 0.186. The van der Waals surface area contributed by atoms with Crippen LogP contribution in [0.4, 0.5) is 8.78 Å². The van der Waals surface area contributed by atoms with Crippen LogP contribution in [0.25, 0.3) is 22.3 Å². The predicted molar refractivity (Wildman–Crippen MR) is 76.5 cm³/mol. The molecular weight excluding hydrogens is 298 g/mol. The van der Waals surface area contributed by atoms with Crippen LogP contribution in [0, 0.1) is 11.6 Å². The van der Waals surface area contributed by atoms with Gasteiger partial charge in [0, 0.05) is 5.39 Å². The Labute approximate surface area is 124 Å². The molecule has 3 nitrogen and oxygen atoms in total. The third-order valence-electron chi connectivity index (χ3n) is 3.04. The molecule has 1 heterocycles. The van der Waals surface area contributed by atoms with Crippen LogP contribution < -0.4 is 4.74 Å². The summed E-state index contributed by atoms with van der Waals surface area (Å²) >= 11 is 6.09. The Hall–Kier alpha value is -2.27. The third-order valence-corrected chi connectivity index (χ3v) is 3.33. The molecular formula is C15H9ClF2N2O. The topological polar surface area (TPSA) is 35.0 Å². The fourth-order valence-electron chi connectivity index (χ4n) is 2.02. The maximum atomic E-state index is 13.8. The number of halogens is 3. The molecule has 0 fully saturated rings. The van der Waals surface area contributed by atoms with Crippen molar-refractivity contribution in [2.75, 3.05) is 7.11 Å². The molecule has 106 valence electrons. The Morgan fingerprint density at radius 1 is 1.05 bits per heavy atom. The monoisotopic (exact) mass is 306 g/mol. The predicted octanol–water partition coefficient (Wildman–Crippen LogP) is 4.24. The Kier molecular flexibility index (Phi) is 3.43. The fourth-order valence-corrected chi connectivity index (χ4v) is 2.25. The summed E-state index contributed by atoms with van der Waals surface area (Å²) in [5.74, 6) is -0.969. The highest BCUT2D eigenvalue weighted by Crippen LogP contribution is 2.29. The van der Waals surface area contributed by atoms with Crippen molar-refractivity contribution in [2.45, 2.75) is 0 Å². The van der Waals surface area contributed by atoms with Gasteiger partial charge >= 0.3 is 0 Å². The Balaban J connectivity index is 2.26. The smallest absolute Gasteiger partial charge is 0.167 e. The number of fused-ring (bicyclic) bond motifs is 1. The van der Waals surface area contributed by atoms with Gasteiger partial charge in [0.2, 0.25) is 0 Å². The average molecular weight is 307 g/mol. The van der Waals surface area contributed by atoms with Crippen molar-refractivity contribution in [2.24, 2.45) is 0 Å². The summed E-state index contributed by atoms with van der Waals surface area (Å²) in [6.07, 6.45) is 0. The average Bonchev–Trinajstić information content (AvgIpc) is 2.47. The molecule has 0 spiro atoms. The van der Waals surface area contributed by atoms with E-state index >= 15 is 0 Å². The summed E-state index contributed by atoms with van der Waals surface area (Å²) in [7, 11) is 1.53. The second-order valence-electron chi connectivity index (χ2n) is 4.32. The molecule has 0 amide bonds. The normalized spacial score (nSPS) is 10.9. The maximum Gasteiger partial charge on any atom is 0.167 e. The van der Waals surface area contributed by atoms with Gasteiger partial charge in [0.1, 0.15) is 22.5 Å². The summed E-state index contributed by atoms with van der Waals surface area (Å²) in [5, 5.41) is 0.660. The highest BCUT2D eigenvalue weighted by atomic mass is 35.5. The highest BCUT2D eigenvalue weighted by molar-refractivity contribution is 6.34. The first-order valence-electron chi connectivity index (χ1n) is 6.06. The lowest BCUT2D eigenvalue weighted by Gasteiger charge is -2.07. The van der Waals surface area contributed by atoms with E-state index in [9.17, 15) is 8.78 Å². The van der Waals surface area contributed by atoms with Gasteiger partial charge in [-0.25, -0.2) is 18.7 Å². The molecule has 0 radical (unpaired) electrons. The number of hydrogen-bond donors (Lipinski definition) is 0. The van der Waals surface area contributed by atoms with Crippen LogP contribution in [0.1, 0.15) is 0 Å². The van der Waals surface area contributed by atoms with E-state index in [0.717, 1.165) is 12.1 Å². The van der Waals surface area contributed by atoms with Gasteiger partial charge in [-0.1, -0.05) is 17.7 Å². The lowest BCUT2D eigenvalue weighted by Crippen LogP contribution is -1.97. The van der Waals surface area contributed by atoms with Crippen molar-refractivity contribution in [1.29, 1.82) is 0 Å². The Morgan fingerprint density at radius 3 is 2.43 bits per heavy atom. The minimum absolute atomic E-state index is 0.0896. The molecule has 0 N–H and O–H groups in total. The van der Waals surface area contributed by atoms with Crippen LogP contribution in [-0.4, -0.2) is 17.1 Å². The number of ether oxygens (including phenoxy) is 1. The molecule has 0 atom stereocenters. The molecule has 3 rings (SSSR count). The second kappa shape index (κ2) is 5.26. The minimum Gasteiger partial charge on any atom is -0.497 e. The molecule has 0 aliphatic rings. The molecule has 3 aromatic rings. The molecule has 21 heavy (non-hydrogen) atoms. The van der Waals surface area contributed by atoms with Crippen molar-refractivity contribution in [3.63, 3.8) is 0 Å². The summed E-state index contributed by atoms with van der Waals surface area (Å²) in [6, 6.07) is 8.58. The van der Waals surface area contributed by atoms with E-state index in [1.54, 1.807) is 18.2 Å². The number of aromatic nitrogens is 2. The van der Waals surface area contributed by atoms with E-state index in [1.165, 1.54) is 13.2 Å². The number of methoxy groups -OCH3 is 1. The molecule has 0 aliphatic heterocycles. The van der Waals surface area contributed by atoms with E-state index in [0.29, 0.717) is 16.7 Å². The van der Waals surface area contributed by atoms with E-state index in [-0.39, 0.29) is 16.5 Å².